The van der Waals surface area contributed by atoms with Crippen molar-refractivity contribution in [1.82, 2.24) is 5.06 Å². The highest BCUT2D eigenvalue weighted by Gasteiger charge is 2.05. The molecule has 0 rings (SSSR count). The van der Waals surface area contributed by atoms with E-state index in [9.17, 15) is 9.59 Å². The molecule has 2 N–H and O–H groups in total. The fourth-order valence-corrected chi connectivity index (χ4v) is 0.543. The molecule has 74 valence electrons. The van der Waals surface area contributed by atoms with Gasteiger partial charge in [0.1, 0.15) is 5.76 Å². The lowest BCUT2D eigenvalue weighted by Gasteiger charge is -2.10. The first-order chi connectivity index (χ1) is 5.97. The van der Waals surface area contributed by atoms with E-state index in [0.717, 1.165) is 11.1 Å². The summed E-state index contributed by atoms with van der Waals surface area (Å²) in [5.74, 6) is -0.331. The minimum absolute atomic E-state index is 0.112. The molecule has 0 unspecified atom stereocenters. The number of amides is 2. The van der Waals surface area contributed by atoms with Gasteiger partial charge in [0.05, 0.1) is 7.11 Å². The maximum Gasteiger partial charge on any atom is 0.409 e. The van der Waals surface area contributed by atoms with E-state index in [0.29, 0.717) is 0 Å². The Morgan fingerprint density at radius 2 is 2.00 bits per heavy atom. The summed E-state index contributed by atoms with van der Waals surface area (Å²) in [5, 5.41) is 0.980. The number of nitrogens with two attached hydrogens (primary N) is 1. The van der Waals surface area contributed by atoms with Crippen molar-refractivity contribution in [2.45, 2.75) is 6.92 Å². The number of carbonyl (C=O) groups excluding carboxylic acids is 2. The first-order valence-corrected chi connectivity index (χ1v) is 3.44. The molecule has 0 aromatic rings. The number of hydrogen-bond donors (Lipinski definition) is 1. The molecule has 0 fully saturated rings. The number of likely N-dealkylation sites (N-methyl/N-ethyl adjacent to an activating group) is 1. The molecule has 13 heavy (non-hydrogen) atoms. The molecule has 0 aromatic carbocycles. The van der Waals surface area contributed by atoms with Crippen LogP contribution in [0.1, 0.15) is 6.92 Å². The van der Waals surface area contributed by atoms with Gasteiger partial charge in [-0.25, -0.2) is 9.86 Å². The lowest BCUT2D eigenvalue weighted by Crippen LogP contribution is -2.24. The topological polar surface area (TPSA) is 81.9 Å². The first kappa shape index (κ1) is 11.4. The number of allylic oxidation sites excluding steroid dienone is 1. The van der Waals surface area contributed by atoms with Gasteiger partial charge < -0.3 is 10.5 Å². The van der Waals surface area contributed by atoms with Crippen molar-refractivity contribution in [3.05, 3.63) is 11.8 Å². The van der Waals surface area contributed by atoms with Crippen molar-refractivity contribution < 1.29 is 19.2 Å². The number of ether oxygens (including phenoxy) is 1. The van der Waals surface area contributed by atoms with Crippen LogP contribution in [0.25, 0.3) is 0 Å². The van der Waals surface area contributed by atoms with Crippen molar-refractivity contribution in [2.75, 3.05) is 14.2 Å². The number of hydrogen-bond acceptors (Lipinski definition) is 4. The zero-order valence-electron chi connectivity index (χ0n) is 7.73. The summed E-state index contributed by atoms with van der Waals surface area (Å²) in [6.45, 7) is 1.44. The van der Waals surface area contributed by atoms with Crippen molar-refractivity contribution in [3.63, 3.8) is 0 Å². The van der Waals surface area contributed by atoms with Crippen LogP contribution in [0.2, 0.25) is 0 Å². The van der Waals surface area contributed by atoms with Gasteiger partial charge in [-0.05, 0) is 6.92 Å². The fraction of sp³-hybridized carbons (Fsp3) is 0.429. The maximum absolute atomic E-state index is 11.1. The van der Waals surface area contributed by atoms with Gasteiger partial charge in [-0.15, -0.1) is 0 Å². The molecular formula is C7H12N2O4. The lowest BCUT2D eigenvalue weighted by atomic mass is 10.4. The quantitative estimate of drug-likeness (QED) is 0.384. The molecule has 6 nitrogen and oxygen atoms in total. The van der Waals surface area contributed by atoms with E-state index in [-0.39, 0.29) is 5.76 Å². The maximum atomic E-state index is 11.1. The van der Waals surface area contributed by atoms with E-state index in [1.165, 1.54) is 21.1 Å². The summed E-state index contributed by atoms with van der Waals surface area (Å²) in [4.78, 5) is 25.9. The zero-order valence-corrected chi connectivity index (χ0v) is 7.73. The van der Waals surface area contributed by atoms with Crippen LogP contribution < -0.4 is 5.73 Å². The predicted octanol–water partition coefficient (Wildman–Crippen LogP) is 0.00530. The lowest BCUT2D eigenvalue weighted by molar-refractivity contribution is -0.162. The molecule has 2 amide bonds. The zero-order chi connectivity index (χ0) is 10.4. The van der Waals surface area contributed by atoms with Crippen LogP contribution in [0.4, 0.5) is 4.79 Å². The van der Waals surface area contributed by atoms with Crippen molar-refractivity contribution in [2.24, 2.45) is 5.73 Å². The van der Waals surface area contributed by atoms with Crippen LogP contribution in [-0.2, 0) is 14.4 Å². The molecule has 0 saturated heterocycles. The number of carbonyl (C=O) groups is 2. The van der Waals surface area contributed by atoms with Gasteiger partial charge in [-0.3, -0.25) is 9.63 Å². The number of hydroxylamine groups is 2. The average Bonchev–Trinajstić information content (AvgIpc) is 2.01. The third-order valence-corrected chi connectivity index (χ3v) is 1.17. The molecule has 0 atom stereocenters. The first-order valence-electron chi connectivity index (χ1n) is 3.44. The molecule has 0 aliphatic carbocycles. The summed E-state index contributed by atoms with van der Waals surface area (Å²) in [5.41, 5.74) is 4.72. The Balaban J connectivity index is 4.21. The predicted molar refractivity (Wildman–Crippen MR) is 44.2 cm³/mol. The highest BCUT2D eigenvalue weighted by Crippen LogP contribution is 1.97. The monoisotopic (exact) mass is 188 g/mol. The number of primary amides is 1. The second-order valence-electron chi connectivity index (χ2n) is 2.19. The summed E-state index contributed by atoms with van der Waals surface area (Å²) < 4.78 is 4.41. The van der Waals surface area contributed by atoms with Crippen LogP contribution in [-0.4, -0.2) is 31.2 Å². The van der Waals surface area contributed by atoms with E-state index < -0.39 is 12.0 Å². The molecule has 0 saturated carbocycles. The van der Waals surface area contributed by atoms with E-state index in [1.54, 1.807) is 0 Å². The van der Waals surface area contributed by atoms with Crippen molar-refractivity contribution in [3.8, 4) is 0 Å². The minimum atomic E-state index is -0.957. The summed E-state index contributed by atoms with van der Waals surface area (Å²) in [7, 11) is 2.77. The Kier molecular flexibility index (Phi) is 4.53. The molecule has 0 heterocycles. The van der Waals surface area contributed by atoms with Gasteiger partial charge in [0.2, 0.25) is 0 Å². The van der Waals surface area contributed by atoms with Crippen LogP contribution >= 0.6 is 0 Å². The van der Waals surface area contributed by atoms with Crippen molar-refractivity contribution >= 4 is 12.0 Å². The third kappa shape index (κ3) is 4.81. The summed E-state index contributed by atoms with van der Waals surface area (Å²) in [6.07, 6.45) is 0.135. The summed E-state index contributed by atoms with van der Waals surface area (Å²) >= 11 is 0. The van der Waals surface area contributed by atoms with E-state index in [2.05, 4.69) is 9.57 Å². The summed E-state index contributed by atoms with van der Waals surface area (Å²) in [6, 6.07) is 0. The Hall–Kier alpha value is -1.56. The van der Waals surface area contributed by atoms with E-state index in [1.807, 2.05) is 0 Å². The Morgan fingerprint density at radius 1 is 1.46 bits per heavy atom. The second kappa shape index (κ2) is 5.15. The Bertz CT molecular complexity index is 237. The second-order valence-corrected chi connectivity index (χ2v) is 2.19. The fourth-order valence-electron chi connectivity index (χ4n) is 0.543. The molecule has 6 heteroatoms. The van der Waals surface area contributed by atoms with Gasteiger partial charge >= 0.3 is 6.09 Å². The molecule has 0 radical (unpaired) electrons. The van der Waals surface area contributed by atoms with Crippen LogP contribution in [0.3, 0.4) is 0 Å². The largest absolute Gasteiger partial charge is 0.415 e. The molecule has 0 aliphatic rings. The number of nitrogens with zero attached hydrogens (tertiary/aromatic N) is 1. The van der Waals surface area contributed by atoms with Crippen LogP contribution in [0.15, 0.2) is 11.8 Å². The molecule has 0 aliphatic heterocycles. The van der Waals surface area contributed by atoms with Crippen molar-refractivity contribution in [1.29, 1.82) is 0 Å². The molecule has 0 bridgehead atoms. The normalized spacial score (nSPS) is 10.8. The third-order valence-electron chi connectivity index (χ3n) is 1.17. The van der Waals surface area contributed by atoms with Gasteiger partial charge in [-0.2, -0.15) is 0 Å². The Labute approximate surface area is 75.8 Å². The molecule has 0 spiro atoms. The highest BCUT2D eigenvalue weighted by molar-refractivity contribution is 5.87. The van der Waals surface area contributed by atoms with Gasteiger partial charge in [0.25, 0.3) is 5.91 Å². The minimum Gasteiger partial charge on any atom is -0.415 e. The SMILES string of the molecule is CON(C)C(=O)C=C(C)OC(N)=O. The molecule has 0 aromatic heterocycles. The average molecular weight is 188 g/mol. The van der Waals surface area contributed by atoms with Crippen LogP contribution in [0.5, 0.6) is 0 Å². The van der Waals surface area contributed by atoms with E-state index >= 15 is 0 Å². The molecular weight excluding hydrogens is 176 g/mol. The van der Waals surface area contributed by atoms with Gasteiger partial charge in [-0.1, -0.05) is 0 Å². The smallest absolute Gasteiger partial charge is 0.409 e. The standard InChI is InChI=1S/C7H12N2O4/c1-5(13-7(8)11)4-6(10)9(2)12-3/h4H,1-3H3,(H2,8,11). The van der Waals surface area contributed by atoms with Crippen LogP contribution in [0, 0.1) is 0 Å². The highest BCUT2D eigenvalue weighted by atomic mass is 16.7. The van der Waals surface area contributed by atoms with Gasteiger partial charge in [0.15, 0.2) is 0 Å². The van der Waals surface area contributed by atoms with E-state index in [4.69, 9.17) is 5.73 Å². The number of rotatable bonds is 3. The Morgan fingerprint density at radius 3 is 2.38 bits per heavy atom. The van der Waals surface area contributed by atoms with Gasteiger partial charge in [0, 0.05) is 13.1 Å².